The van der Waals surface area contributed by atoms with Crippen LogP contribution >= 0.6 is 23.1 Å². The maximum atomic E-state index is 12.5. The van der Waals surface area contributed by atoms with Crippen molar-refractivity contribution in [1.82, 2.24) is 14.5 Å². The third kappa shape index (κ3) is 5.20. The molecule has 2 fully saturated rings. The Kier molecular flexibility index (Phi) is 7.18. The number of thiophene rings is 1. The zero-order valence-corrected chi connectivity index (χ0v) is 20.7. The van der Waals surface area contributed by atoms with E-state index >= 15 is 0 Å². The molecule has 176 valence electrons. The normalized spacial score (nSPS) is 22.9. The van der Waals surface area contributed by atoms with E-state index in [1.165, 1.54) is 4.21 Å². The molecule has 0 aliphatic carbocycles. The van der Waals surface area contributed by atoms with Crippen LogP contribution in [0.1, 0.15) is 32.6 Å². The Bertz CT molecular complexity index is 1100. The Morgan fingerprint density at radius 2 is 2.00 bits per heavy atom. The van der Waals surface area contributed by atoms with Gasteiger partial charge in [0, 0.05) is 41.9 Å². The second-order valence-electron chi connectivity index (χ2n) is 9.00. The monoisotopic (exact) mass is 485 g/mol. The predicted molar refractivity (Wildman–Crippen MR) is 134 cm³/mol. The summed E-state index contributed by atoms with van der Waals surface area (Å²) in [6.45, 7) is 5.87. The van der Waals surface area contributed by atoms with Gasteiger partial charge in [0.05, 0.1) is 4.21 Å². The molecule has 33 heavy (non-hydrogen) atoms. The zero-order chi connectivity index (χ0) is 22.7. The lowest BCUT2D eigenvalue weighted by Gasteiger charge is -2.51. The van der Waals surface area contributed by atoms with Crippen molar-refractivity contribution in [3.63, 3.8) is 0 Å². The van der Waals surface area contributed by atoms with Gasteiger partial charge in [0.2, 0.25) is 0 Å². The number of fused-ring (bicyclic) bond motifs is 1. The first kappa shape index (κ1) is 23.1. The van der Waals surface area contributed by atoms with Gasteiger partial charge < -0.3 is 14.4 Å². The summed E-state index contributed by atoms with van der Waals surface area (Å²) in [5.74, 6) is 1.12. The standard InChI is InChI=1S/C25H31N3O3S2/c1-19-30-24(31-19)25(10-14-27(15-11-25)16-18-33-22-6-3-17-32-22)9-4-13-28-21(29)8-7-20-5-2-12-26-23(20)28/h2-3,5-8,12,17,19,24H,4,9-11,13-16,18H2,1H3. The number of piperidine rings is 1. The molecule has 2 aliphatic heterocycles. The molecule has 0 bridgehead atoms. The second-order valence-corrected chi connectivity index (χ2v) is 11.3. The van der Waals surface area contributed by atoms with Crippen LogP contribution in [0, 0.1) is 5.41 Å². The predicted octanol–water partition coefficient (Wildman–Crippen LogP) is 4.83. The van der Waals surface area contributed by atoms with Gasteiger partial charge in [-0.2, -0.15) is 0 Å². The van der Waals surface area contributed by atoms with Crippen LogP contribution in [0.3, 0.4) is 0 Å². The first-order chi connectivity index (χ1) is 16.1. The highest BCUT2D eigenvalue weighted by molar-refractivity contribution is 8.01. The van der Waals surface area contributed by atoms with Crippen LogP contribution in [0.25, 0.3) is 11.0 Å². The van der Waals surface area contributed by atoms with Crippen LogP contribution in [0.4, 0.5) is 0 Å². The van der Waals surface area contributed by atoms with Gasteiger partial charge in [0.25, 0.3) is 5.56 Å². The smallest absolute Gasteiger partial charge is 0.252 e. The molecule has 0 aromatic carbocycles. The summed E-state index contributed by atoms with van der Waals surface area (Å²) < 4.78 is 15.2. The number of aromatic nitrogens is 2. The van der Waals surface area contributed by atoms with Crippen LogP contribution < -0.4 is 5.56 Å². The Hall–Kier alpha value is -1.71. The largest absolute Gasteiger partial charge is 0.323 e. The quantitative estimate of drug-likeness (QED) is 0.405. The molecule has 0 N–H and O–H groups in total. The molecule has 2 aliphatic rings. The molecule has 0 saturated carbocycles. The zero-order valence-electron chi connectivity index (χ0n) is 19.0. The summed E-state index contributed by atoms with van der Waals surface area (Å²) in [5, 5.41) is 3.14. The molecule has 0 amide bonds. The van der Waals surface area contributed by atoms with Gasteiger partial charge in [-0.25, -0.2) is 4.98 Å². The number of pyridine rings is 2. The van der Waals surface area contributed by atoms with Crippen molar-refractivity contribution in [2.75, 3.05) is 25.4 Å². The minimum atomic E-state index is -0.127. The summed E-state index contributed by atoms with van der Waals surface area (Å²) >= 11 is 3.76. The fourth-order valence-corrected chi connectivity index (χ4v) is 6.88. The molecule has 8 heteroatoms. The lowest BCUT2D eigenvalue weighted by Crippen LogP contribution is -2.55. The van der Waals surface area contributed by atoms with Gasteiger partial charge in [0.15, 0.2) is 12.6 Å². The van der Waals surface area contributed by atoms with E-state index in [9.17, 15) is 4.79 Å². The molecule has 5 rings (SSSR count). The van der Waals surface area contributed by atoms with Crippen LogP contribution in [0.2, 0.25) is 0 Å². The maximum absolute atomic E-state index is 12.5. The molecule has 0 radical (unpaired) electrons. The van der Waals surface area contributed by atoms with E-state index < -0.39 is 0 Å². The molecule has 3 aromatic rings. The van der Waals surface area contributed by atoms with Crippen molar-refractivity contribution in [1.29, 1.82) is 0 Å². The molecule has 0 unspecified atom stereocenters. The highest BCUT2D eigenvalue weighted by Gasteiger charge is 2.48. The fraction of sp³-hybridized carbons (Fsp3) is 0.520. The number of aryl methyl sites for hydroxylation is 1. The molecule has 6 nitrogen and oxygen atoms in total. The number of hydrogen-bond donors (Lipinski definition) is 0. The van der Waals surface area contributed by atoms with Crippen molar-refractivity contribution in [2.24, 2.45) is 5.41 Å². The lowest BCUT2D eigenvalue weighted by atomic mass is 9.73. The van der Waals surface area contributed by atoms with Crippen molar-refractivity contribution in [3.8, 4) is 0 Å². The van der Waals surface area contributed by atoms with Gasteiger partial charge in [-0.05, 0) is 75.3 Å². The molecule has 0 spiro atoms. The minimum absolute atomic E-state index is 0.0121. The number of thioether (sulfide) groups is 1. The van der Waals surface area contributed by atoms with E-state index in [1.54, 1.807) is 12.3 Å². The highest BCUT2D eigenvalue weighted by Crippen LogP contribution is 2.45. The minimum Gasteiger partial charge on any atom is -0.323 e. The second kappa shape index (κ2) is 10.3. The molecule has 2 saturated heterocycles. The average Bonchev–Trinajstić information content (AvgIpc) is 3.33. The maximum Gasteiger partial charge on any atom is 0.252 e. The van der Waals surface area contributed by atoms with E-state index in [0.29, 0.717) is 6.54 Å². The van der Waals surface area contributed by atoms with Gasteiger partial charge >= 0.3 is 0 Å². The SMILES string of the molecule is CC1OC(C2(CCCn3c(=O)ccc4cccnc43)CCN(CCSc3cccs3)CC2)O1. The van der Waals surface area contributed by atoms with Crippen molar-refractivity contribution >= 4 is 34.1 Å². The van der Waals surface area contributed by atoms with Gasteiger partial charge in [-0.1, -0.05) is 6.07 Å². The van der Waals surface area contributed by atoms with E-state index in [4.69, 9.17) is 9.47 Å². The van der Waals surface area contributed by atoms with E-state index in [1.807, 2.05) is 52.8 Å². The summed E-state index contributed by atoms with van der Waals surface area (Å²) in [6.07, 6.45) is 5.53. The third-order valence-electron chi connectivity index (χ3n) is 6.93. The number of hydrogen-bond acceptors (Lipinski definition) is 7. The third-order valence-corrected chi connectivity index (χ3v) is 9.04. The van der Waals surface area contributed by atoms with Crippen LogP contribution in [0.5, 0.6) is 0 Å². The Morgan fingerprint density at radius 1 is 1.15 bits per heavy atom. The molecular formula is C25H31N3O3S2. The van der Waals surface area contributed by atoms with Gasteiger partial charge in [0.1, 0.15) is 5.65 Å². The van der Waals surface area contributed by atoms with Crippen molar-refractivity contribution in [3.05, 3.63) is 58.3 Å². The number of nitrogens with zero attached hydrogens (tertiary/aromatic N) is 3. The molecule has 0 atom stereocenters. The lowest BCUT2D eigenvalue weighted by molar-refractivity contribution is -0.415. The summed E-state index contributed by atoms with van der Waals surface area (Å²) in [5.41, 5.74) is 0.797. The summed E-state index contributed by atoms with van der Waals surface area (Å²) in [7, 11) is 0. The number of rotatable bonds is 9. The van der Waals surface area contributed by atoms with E-state index in [2.05, 4.69) is 27.4 Å². The van der Waals surface area contributed by atoms with Crippen molar-refractivity contribution in [2.45, 2.75) is 55.9 Å². The van der Waals surface area contributed by atoms with E-state index in [-0.39, 0.29) is 23.6 Å². The topological polar surface area (TPSA) is 56.6 Å². The van der Waals surface area contributed by atoms with E-state index in [0.717, 1.165) is 62.1 Å². The number of ether oxygens (including phenoxy) is 2. The first-order valence-electron chi connectivity index (χ1n) is 11.8. The van der Waals surface area contributed by atoms with Gasteiger partial charge in [-0.15, -0.1) is 23.1 Å². The highest BCUT2D eigenvalue weighted by atomic mass is 32.2. The van der Waals surface area contributed by atoms with Gasteiger partial charge in [-0.3, -0.25) is 9.36 Å². The van der Waals surface area contributed by atoms with Crippen LogP contribution in [-0.2, 0) is 16.0 Å². The first-order valence-corrected chi connectivity index (χ1v) is 13.6. The molecule has 3 aromatic heterocycles. The average molecular weight is 486 g/mol. The molecular weight excluding hydrogens is 454 g/mol. The summed E-state index contributed by atoms with van der Waals surface area (Å²) in [4.78, 5) is 19.6. The Labute approximate surface area is 202 Å². The Balaban J connectivity index is 1.19. The molecule has 5 heterocycles. The van der Waals surface area contributed by atoms with Crippen molar-refractivity contribution < 1.29 is 9.47 Å². The fourth-order valence-electron chi connectivity index (χ4n) is 5.02. The summed E-state index contributed by atoms with van der Waals surface area (Å²) in [6, 6.07) is 11.7. The van der Waals surface area contributed by atoms with Crippen LogP contribution in [-0.4, -0.2) is 52.4 Å². The Morgan fingerprint density at radius 3 is 2.76 bits per heavy atom. The number of likely N-dealkylation sites (tertiary alicyclic amines) is 1. The van der Waals surface area contributed by atoms with Crippen LogP contribution in [0.15, 0.2) is 57.0 Å².